The van der Waals surface area contributed by atoms with Crippen molar-refractivity contribution >= 4 is 0 Å². The average molecular weight is 227 g/mol. The van der Waals surface area contributed by atoms with E-state index in [4.69, 9.17) is 5.73 Å². The lowest BCUT2D eigenvalue weighted by atomic mass is 9.67. The molecule has 0 aromatic rings. The third-order valence-corrected chi connectivity index (χ3v) is 4.23. The molecular formula is C14H29NO. The second-order valence-electron chi connectivity index (χ2n) is 6.28. The lowest BCUT2D eigenvalue weighted by Gasteiger charge is -2.41. The predicted molar refractivity (Wildman–Crippen MR) is 69.2 cm³/mol. The molecule has 1 rings (SSSR count). The molecule has 0 aliphatic heterocycles. The van der Waals surface area contributed by atoms with Crippen LogP contribution in [-0.4, -0.2) is 17.8 Å². The van der Waals surface area contributed by atoms with Crippen molar-refractivity contribution in [3.05, 3.63) is 0 Å². The van der Waals surface area contributed by atoms with Crippen molar-refractivity contribution in [2.75, 3.05) is 6.54 Å². The van der Waals surface area contributed by atoms with Gasteiger partial charge in [-0.2, -0.15) is 0 Å². The van der Waals surface area contributed by atoms with Crippen LogP contribution in [0.4, 0.5) is 0 Å². The third-order valence-electron chi connectivity index (χ3n) is 4.23. The molecule has 1 aliphatic carbocycles. The molecule has 0 aromatic carbocycles. The minimum absolute atomic E-state index is 0.122. The summed E-state index contributed by atoms with van der Waals surface area (Å²) in [5, 5.41) is 10.6. The molecule has 2 heteroatoms. The van der Waals surface area contributed by atoms with Crippen LogP contribution in [0.5, 0.6) is 0 Å². The molecule has 0 aromatic heterocycles. The van der Waals surface area contributed by atoms with E-state index in [-0.39, 0.29) is 17.4 Å². The van der Waals surface area contributed by atoms with Gasteiger partial charge in [0.05, 0.1) is 6.10 Å². The monoisotopic (exact) mass is 227 g/mol. The maximum atomic E-state index is 10.6. The maximum absolute atomic E-state index is 10.6. The van der Waals surface area contributed by atoms with Gasteiger partial charge in [-0.15, -0.1) is 0 Å². The molecule has 0 spiro atoms. The number of rotatable bonds is 5. The topological polar surface area (TPSA) is 46.2 Å². The Morgan fingerprint density at radius 1 is 1.19 bits per heavy atom. The number of hydrogen-bond donors (Lipinski definition) is 2. The van der Waals surface area contributed by atoms with E-state index in [0.29, 0.717) is 12.5 Å². The summed E-state index contributed by atoms with van der Waals surface area (Å²) in [5.41, 5.74) is 5.95. The Bertz CT molecular complexity index is 197. The summed E-state index contributed by atoms with van der Waals surface area (Å²) in [7, 11) is 0. The molecule has 0 radical (unpaired) electrons. The minimum atomic E-state index is -0.208. The van der Waals surface area contributed by atoms with Crippen molar-refractivity contribution in [3.63, 3.8) is 0 Å². The van der Waals surface area contributed by atoms with Crippen LogP contribution < -0.4 is 5.73 Å². The van der Waals surface area contributed by atoms with E-state index in [1.165, 1.54) is 32.1 Å². The highest BCUT2D eigenvalue weighted by molar-refractivity contribution is 4.89. The Morgan fingerprint density at radius 3 is 2.19 bits per heavy atom. The summed E-state index contributed by atoms with van der Waals surface area (Å²) in [6.07, 6.45) is 7.05. The van der Waals surface area contributed by atoms with Crippen molar-refractivity contribution in [1.29, 1.82) is 0 Å². The Kier molecular flexibility index (Phi) is 5.26. The van der Waals surface area contributed by atoms with E-state index in [0.717, 1.165) is 6.42 Å². The highest BCUT2D eigenvalue weighted by Crippen LogP contribution is 2.42. The van der Waals surface area contributed by atoms with Crippen LogP contribution in [-0.2, 0) is 0 Å². The van der Waals surface area contributed by atoms with Gasteiger partial charge in [0.2, 0.25) is 0 Å². The molecule has 0 bridgehead atoms. The highest BCUT2D eigenvalue weighted by atomic mass is 16.3. The van der Waals surface area contributed by atoms with Crippen LogP contribution in [0.1, 0.15) is 59.3 Å². The SMILES string of the molecule is CC(C)CC(CN)C(O)C1(C)CCCCC1. The predicted octanol–water partition coefficient (Wildman–Crippen LogP) is 2.94. The van der Waals surface area contributed by atoms with Crippen LogP contribution in [0, 0.1) is 17.3 Å². The van der Waals surface area contributed by atoms with Gasteiger partial charge < -0.3 is 10.8 Å². The first kappa shape index (κ1) is 14.0. The van der Waals surface area contributed by atoms with E-state index < -0.39 is 0 Å². The number of aliphatic hydroxyl groups is 1. The minimum Gasteiger partial charge on any atom is -0.392 e. The summed E-state index contributed by atoms with van der Waals surface area (Å²) in [5.74, 6) is 0.901. The van der Waals surface area contributed by atoms with E-state index >= 15 is 0 Å². The first-order valence-corrected chi connectivity index (χ1v) is 6.88. The second kappa shape index (κ2) is 6.02. The summed E-state index contributed by atoms with van der Waals surface area (Å²) < 4.78 is 0. The first-order valence-electron chi connectivity index (χ1n) is 6.88. The van der Waals surface area contributed by atoms with Crippen LogP contribution in [0.2, 0.25) is 0 Å². The Morgan fingerprint density at radius 2 is 1.75 bits per heavy atom. The fourth-order valence-electron chi connectivity index (χ4n) is 3.18. The van der Waals surface area contributed by atoms with Crippen molar-refractivity contribution in [2.45, 2.75) is 65.4 Å². The van der Waals surface area contributed by atoms with Crippen LogP contribution in [0.3, 0.4) is 0 Å². The molecule has 2 unspecified atom stereocenters. The van der Waals surface area contributed by atoms with Gasteiger partial charge in [0.1, 0.15) is 0 Å². The van der Waals surface area contributed by atoms with Crippen molar-refractivity contribution < 1.29 is 5.11 Å². The van der Waals surface area contributed by atoms with E-state index in [2.05, 4.69) is 20.8 Å². The number of hydrogen-bond acceptors (Lipinski definition) is 2. The fourth-order valence-corrected chi connectivity index (χ4v) is 3.18. The molecule has 3 N–H and O–H groups in total. The molecule has 0 saturated heterocycles. The number of nitrogens with two attached hydrogens (primary N) is 1. The first-order chi connectivity index (χ1) is 7.49. The van der Waals surface area contributed by atoms with Gasteiger partial charge in [0.15, 0.2) is 0 Å². The smallest absolute Gasteiger partial charge is 0.0634 e. The van der Waals surface area contributed by atoms with Gasteiger partial charge in [-0.05, 0) is 43.1 Å². The summed E-state index contributed by atoms with van der Waals surface area (Å²) in [6, 6.07) is 0. The largest absolute Gasteiger partial charge is 0.392 e. The second-order valence-corrected chi connectivity index (χ2v) is 6.28. The van der Waals surface area contributed by atoms with Gasteiger partial charge in [-0.3, -0.25) is 0 Å². The van der Waals surface area contributed by atoms with Gasteiger partial charge in [0.25, 0.3) is 0 Å². The van der Waals surface area contributed by atoms with Crippen LogP contribution in [0.25, 0.3) is 0 Å². The molecule has 1 fully saturated rings. The Balaban J connectivity index is 2.61. The van der Waals surface area contributed by atoms with Gasteiger partial charge >= 0.3 is 0 Å². The highest BCUT2D eigenvalue weighted by Gasteiger charge is 2.38. The van der Waals surface area contributed by atoms with Crippen LogP contribution >= 0.6 is 0 Å². The quantitative estimate of drug-likeness (QED) is 0.758. The molecular weight excluding hydrogens is 198 g/mol. The van der Waals surface area contributed by atoms with Gasteiger partial charge in [-0.25, -0.2) is 0 Å². The normalized spacial score (nSPS) is 24.4. The Labute approximate surface area is 101 Å². The van der Waals surface area contributed by atoms with E-state index in [1.807, 2.05) is 0 Å². The van der Waals surface area contributed by atoms with Crippen molar-refractivity contribution in [1.82, 2.24) is 0 Å². The fraction of sp³-hybridized carbons (Fsp3) is 1.00. The van der Waals surface area contributed by atoms with E-state index in [1.54, 1.807) is 0 Å². The van der Waals surface area contributed by atoms with Gasteiger partial charge in [0, 0.05) is 0 Å². The molecule has 2 nitrogen and oxygen atoms in total. The molecule has 96 valence electrons. The average Bonchev–Trinajstić information content (AvgIpc) is 2.25. The summed E-state index contributed by atoms with van der Waals surface area (Å²) >= 11 is 0. The zero-order chi connectivity index (χ0) is 12.2. The summed E-state index contributed by atoms with van der Waals surface area (Å²) in [4.78, 5) is 0. The molecule has 0 amide bonds. The number of aliphatic hydroxyl groups excluding tert-OH is 1. The van der Waals surface area contributed by atoms with Crippen molar-refractivity contribution in [3.8, 4) is 0 Å². The molecule has 1 saturated carbocycles. The third kappa shape index (κ3) is 3.46. The standard InChI is InChI=1S/C14H29NO/c1-11(2)9-12(10-15)13(16)14(3)7-5-4-6-8-14/h11-13,16H,4-10,15H2,1-3H3. The van der Waals surface area contributed by atoms with Gasteiger partial charge in [-0.1, -0.05) is 40.0 Å². The maximum Gasteiger partial charge on any atom is 0.0634 e. The molecule has 0 heterocycles. The lowest BCUT2D eigenvalue weighted by Crippen LogP contribution is -2.43. The Hall–Kier alpha value is -0.0800. The molecule has 2 atom stereocenters. The lowest BCUT2D eigenvalue weighted by molar-refractivity contribution is -0.0337. The molecule has 16 heavy (non-hydrogen) atoms. The van der Waals surface area contributed by atoms with Crippen LogP contribution in [0.15, 0.2) is 0 Å². The van der Waals surface area contributed by atoms with E-state index in [9.17, 15) is 5.11 Å². The zero-order valence-corrected chi connectivity index (χ0v) is 11.2. The summed E-state index contributed by atoms with van der Waals surface area (Å²) in [6.45, 7) is 7.28. The van der Waals surface area contributed by atoms with Crippen molar-refractivity contribution in [2.24, 2.45) is 23.0 Å². The molecule has 1 aliphatic rings. The zero-order valence-electron chi connectivity index (χ0n) is 11.2.